The first kappa shape index (κ1) is 14.1. The molecule has 1 fully saturated rings. The molecule has 18 heavy (non-hydrogen) atoms. The smallest absolute Gasteiger partial charge is 0.272 e. The fourth-order valence-electron chi connectivity index (χ4n) is 1.64. The molecule has 0 bridgehead atoms. The third-order valence-corrected chi connectivity index (χ3v) is 5.12. The minimum absolute atomic E-state index is 0.192. The predicted octanol–water partition coefficient (Wildman–Crippen LogP) is 1.59. The van der Waals surface area contributed by atoms with E-state index < -0.39 is 16.1 Å². The summed E-state index contributed by atoms with van der Waals surface area (Å²) in [4.78, 5) is 11.2. The number of amides is 1. The Morgan fingerprint density at radius 1 is 1.56 bits per heavy atom. The van der Waals surface area contributed by atoms with E-state index in [1.165, 1.54) is 0 Å². The van der Waals surface area contributed by atoms with Gasteiger partial charge in [-0.3, -0.25) is 4.79 Å². The van der Waals surface area contributed by atoms with Crippen LogP contribution in [-0.2, 0) is 15.0 Å². The van der Waals surface area contributed by atoms with E-state index in [1.54, 1.807) is 12.2 Å². The van der Waals surface area contributed by atoms with Gasteiger partial charge in [0.2, 0.25) is 0 Å². The number of carbonyl (C=O) groups is 1. The van der Waals surface area contributed by atoms with Gasteiger partial charge in [-0.15, -0.1) is 0 Å². The van der Waals surface area contributed by atoms with Crippen LogP contribution in [0.15, 0.2) is 34.5 Å². The van der Waals surface area contributed by atoms with Gasteiger partial charge in [0.25, 0.3) is 5.91 Å². The van der Waals surface area contributed by atoms with Crippen molar-refractivity contribution in [1.29, 1.82) is 0 Å². The summed E-state index contributed by atoms with van der Waals surface area (Å²) in [6.07, 6.45) is 7.29. The second kappa shape index (κ2) is 4.64. The number of allylic oxidation sites excluding steroid dienone is 5. The zero-order chi connectivity index (χ0) is 13.6. The van der Waals surface area contributed by atoms with E-state index in [-0.39, 0.29) is 9.97 Å². The highest BCUT2D eigenvalue weighted by molar-refractivity contribution is 14.1. The van der Waals surface area contributed by atoms with Crippen LogP contribution in [0.1, 0.15) is 6.92 Å². The van der Waals surface area contributed by atoms with Crippen molar-refractivity contribution >= 4 is 54.6 Å². The van der Waals surface area contributed by atoms with Crippen molar-refractivity contribution in [1.82, 2.24) is 9.03 Å². The van der Waals surface area contributed by atoms with Crippen LogP contribution in [0, 0.1) is 0 Å². The van der Waals surface area contributed by atoms with Gasteiger partial charge in [0, 0.05) is 4.48 Å². The fraction of sp³-hybridized carbons (Fsp3) is 0.300. The van der Waals surface area contributed by atoms with Crippen LogP contribution in [-0.4, -0.2) is 28.6 Å². The molecule has 1 unspecified atom stereocenters. The van der Waals surface area contributed by atoms with E-state index >= 15 is 0 Å². The molecule has 2 rings (SSSR count). The maximum atomic E-state index is 11.8. The van der Waals surface area contributed by atoms with Crippen LogP contribution in [0.5, 0.6) is 0 Å². The summed E-state index contributed by atoms with van der Waals surface area (Å²) in [6.45, 7) is 1.80. The van der Waals surface area contributed by atoms with Gasteiger partial charge in [-0.1, -0.05) is 34.7 Å². The van der Waals surface area contributed by atoms with Crippen molar-refractivity contribution in [2.75, 3.05) is 6.54 Å². The summed E-state index contributed by atoms with van der Waals surface area (Å²) in [5.74, 6) is -0.526. The van der Waals surface area contributed by atoms with Crippen molar-refractivity contribution in [3.8, 4) is 0 Å². The van der Waals surface area contributed by atoms with Crippen LogP contribution in [0.3, 0.4) is 0 Å². The highest BCUT2D eigenvalue weighted by atomic mass is 127. The monoisotopic (exact) mass is 444 g/mol. The van der Waals surface area contributed by atoms with Crippen molar-refractivity contribution in [3.63, 3.8) is 0 Å². The van der Waals surface area contributed by atoms with Crippen LogP contribution >= 0.6 is 38.5 Å². The van der Waals surface area contributed by atoms with Gasteiger partial charge in [-0.2, -0.15) is 8.42 Å². The summed E-state index contributed by atoms with van der Waals surface area (Å²) in [5, 5.41) is 0. The largest absolute Gasteiger partial charge is 0.326 e. The third-order valence-electron chi connectivity index (χ3n) is 2.42. The Hall–Kier alpha value is -0.350. The summed E-state index contributed by atoms with van der Waals surface area (Å²) in [6, 6.07) is 0. The van der Waals surface area contributed by atoms with Crippen LogP contribution in [0.2, 0.25) is 0 Å². The normalized spacial score (nSPS) is 30.6. The molecule has 0 aromatic carbocycles. The van der Waals surface area contributed by atoms with Crippen LogP contribution in [0.25, 0.3) is 0 Å². The standard InChI is InChI=1S/C10H10BrIN2O3S/c1-10(12)4-2-3-8(7(11)5-10)14-6-9(15)13-18(14,16)17/h2-5H,6H2,1H3,(H,13,15). The molecular formula is C10H10BrIN2O3S. The minimum atomic E-state index is -3.76. The van der Waals surface area contributed by atoms with Gasteiger partial charge in [-0.05, 0) is 35.0 Å². The van der Waals surface area contributed by atoms with Gasteiger partial charge >= 0.3 is 10.2 Å². The third kappa shape index (κ3) is 2.80. The first-order valence-corrected chi connectivity index (χ1v) is 8.33. The lowest BCUT2D eigenvalue weighted by atomic mass is 10.1. The lowest BCUT2D eigenvalue weighted by molar-refractivity contribution is -0.118. The molecule has 1 aliphatic heterocycles. The van der Waals surface area contributed by atoms with Crippen molar-refractivity contribution in [2.45, 2.75) is 10.3 Å². The van der Waals surface area contributed by atoms with Gasteiger partial charge in [0.1, 0.15) is 6.54 Å². The Morgan fingerprint density at radius 3 is 2.78 bits per heavy atom. The van der Waals surface area contributed by atoms with Gasteiger partial charge in [-0.25, -0.2) is 9.03 Å². The molecule has 2 aliphatic rings. The maximum absolute atomic E-state index is 11.8. The number of nitrogens with one attached hydrogen (secondary N) is 1. The molecule has 98 valence electrons. The lowest BCUT2D eigenvalue weighted by Gasteiger charge is -2.18. The van der Waals surface area contributed by atoms with Crippen molar-refractivity contribution in [2.24, 2.45) is 0 Å². The Morgan fingerprint density at radius 2 is 2.22 bits per heavy atom. The molecule has 5 nitrogen and oxygen atoms in total. The van der Waals surface area contributed by atoms with E-state index in [1.807, 2.05) is 23.8 Å². The fourth-order valence-corrected chi connectivity index (χ4v) is 4.69. The minimum Gasteiger partial charge on any atom is -0.272 e. The summed E-state index contributed by atoms with van der Waals surface area (Å²) >= 11 is 5.60. The number of rotatable bonds is 1. The van der Waals surface area contributed by atoms with Crippen molar-refractivity contribution in [3.05, 3.63) is 34.5 Å². The SMILES string of the molecule is CC1(I)C=CC=C(N2CC(=O)NS2(=O)=O)C(Br)=C1. The van der Waals surface area contributed by atoms with E-state index in [0.29, 0.717) is 10.2 Å². The van der Waals surface area contributed by atoms with E-state index in [2.05, 4.69) is 38.5 Å². The summed E-state index contributed by atoms with van der Waals surface area (Å²) in [5.41, 5.74) is 0.449. The first-order valence-electron chi connectivity index (χ1n) is 5.02. The molecule has 0 aromatic rings. The number of halogens is 2. The lowest BCUT2D eigenvalue weighted by Crippen LogP contribution is -2.29. The average molecular weight is 445 g/mol. The molecule has 1 atom stereocenters. The van der Waals surface area contributed by atoms with Crippen LogP contribution < -0.4 is 4.72 Å². The van der Waals surface area contributed by atoms with Crippen LogP contribution in [0.4, 0.5) is 0 Å². The Balaban J connectivity index is 2.44. The molecule has 1 heterocycles. The number of nitrogens with zero attached hydrogens (tertiary/aromatic N) is 1. The second-order valence-electron chi connectivity index (χ2n) is 4.09. The van der Waals surface area contributed by atoms with Crippen molar-refractivity contribution < 1.29 is 13.2 Å². The molecule has 1 saturated heterocycles. The number of hydrogen-bond acceptors (Lipinski definition) is 3. The molecule has 0 radical (unpaired) electrons. The Bertz CT molecular complexity index is 592. The Labute approximate surface area is 127 Å². The molecule has 0 aromatic heterocycles. The molecule has 0 saturated carbocycles. The van der Waals surface area contributed by atoms with Gasteiger partial charge in [0.15, 0.2) is 0 Å². The quantitative estimate of drug-likeness (QED) is 0.493. The van der Waals surface area contributed by atoms with Gasteiger partial charge < -0.3 is 0 Å². The molecule has 0 spiro atoms. The molecular weight excluding hydrogens is 435 g/mol. The number of carbonyl (C=O) groups excluding carboxylic acids is 1. The highest BCUT2D eigenvalue weighted by Gasteiger charge is 2.36. The zero-order valence-corrected chi connectivity index (χ0v) is 13.9. The molecule has 1 aliphatic carbocycles. The number of alkyl halides is 1. The van der Waals surface area contributed by atoms with E-state index in [0.717, 1.165) is 4.31 Å². The molecule has 1 amide bonds. The first-order chi connectivity index (χ1) is 8.21. The highest BCUT2D eigenvalue weighted by Crippen LogP contribution is 2.34. The summed E-state index contributed by atoms with van der Waals surface area (Å²) < 4.78 is 27.0. The predicted molar refractivity (Wildman–Crippen MR) is 80.4 cm³/mol. The molecule has 1 N–H and O–H groups in total. The summed E-state index contributed by atoms with van der Waals surface area (Å²) in [7, 11) is -3.76. The second-order valence-corrected chi connectivity index (χ2v) is 8.87. The zero-order valence-electron chi connectivity index (χ0n) is 9.35. The van der Waals surface area contributed by atoms with Gasteiger partial charge in [0.05, 0.1) is 9.12 Å². The maximum Gasteiger partial charge on any atom is 0.326 e. The van der Waals surface area contributed by atoms with E-state index in [9.17, 15) is 13.2 Å². The molecule has 8 heteroatoms. The Kier molecular flexibility index (Phi) is 3.63. The van der Waals surface area contributed by atoms with E-state index in [4.69, 9.17) is 0 Å². The number of hydrogen-bond donors (Lipinski definition) is 1. The topological polar surface area (TPSA) is 66.5 Å². The average Bonchev–Trinajstić information content (AvgIpc) is 2.36.